The summed E-state index contributed by atoms with van der Waals surface area (Å²) < 4.78 is 16.3. The third-order valence-corrected chi connectivity index (χ3v) is 5.65. The van der Waals surface area contributed by atoms with Crippen LogP contribution in [0.4, 0.5) is 5.69 Å². The molecule has 1 aromatic rings. The van der Waals surface area contributed by atoms with E-state index in [1.807, 2.05) is 4.90 Å². The van der Waals surface area contributed by atoms with E-state index in [1.54, 1.807) is 26.8 Å². The highest BCUT2D eigenvalue weighted by Gasteiger charge is 2.58. The number of rotatable bonds is 5. The smallest absolute Gasteiger partial charge is 0.336 e. The molecule has 0 N–H and O–H groups in total. The average molecular weight is 404 g/mol. The normalized spacial score (nSPS) is 26.1. The van der Waals surface area contributed by atoms with Crippen molar-refractivity contribution in [3.05, 3.63) is 51.2 Å². The van der Waals surface area contributed by atoms with Gasteiger partial charge in [0.25, 0.3) is 5.69 Å². The predicted octanol–water partition coefficient (Wildman–Crippen LogP) is 2.37. The summed E-state index contributed by atoms with van der Waals surface area (Å²) in [5.74, 6) is -2.86. The molecule has 9 heteroatoms. The van der Waals surface area contributed by atoms with Gasteiger partial charge in [0.05, 0.1) is 30.8 Å². The molecule has 2 aliphatic heterocycles. The van der Waals surface area contributed by atoms with Crippen LogP contribution in [0.5, 0.6) is 0 Å². The fraction of sp³-hybridized carbons (Fsp3) is 0.500. The number of allylic oxidation sites excluding steroid dienone is 1. The second-order valence-corrected chi connectivity index (χ2v) is 7.10. The van der Waals surface area contributed by atoms with Gasteiger partial charge in [-0.2, -0.15) is 0 Å². The molecule has 2 heterocycles. The van der Waals surface area contributed by atoms with Crippen molar-refractivity contribution >= 4 is 17.6 Å². The van der Waals surface area contributed by atoms with Gasteiger partial charge in [0.1, 0.15) is 5.92 Å². The Morgan fingerprint density at radius 1 is 1.41 bits per heavy atom. The maximum absolute atomic E-state index is 13.1. The highest BCUT2D eigenvalue weighted by atomic mass is 16.6. The third kappa shape index (κ3) is 3.35. The van der Waals surface area contributed by atoms with Crippen LogP contribution in [0.25, 0.3) is 0 Å². The molecule has 1 fully saturated rings. The van der Waals surface area contributed by atoms with Crippen molar-refractivity contribution in [1.29, 1.82) is 0 Å². The summed E-state index contributed by atoms with van der Waals surface area (Å²) >= 11 is 0. The molecule has 0 radical (unpaired) electrons. The zero-order valence-corrected chi connectivity index (χ0v) is 16.8. The monoisotopic (exact) mass is 404 g/mol. The minimum atomic E-state index is -1.05. The molecule has 9 nitrogen and oxygen atoms in total. The summed E-state index contributed by atoms with van der Waals surface area (Å²) in [4.78, 5) is 38.5. The number of non-ortho nitro benzene ring substituents is 1. The Hall–Kier alpha value is -2.94. The first-order chi connectivity index (χ1) is 13.8. The largest absolute Gasteiger partial charge is 0.466 e. The molecule has 29 heavy (non-hydrogen) atoms. The van der Waals surface area contributed by atoms with Crippen molar-refractivity contribution < 1.29 is 28.7 Å². The summed E-state index contributed by atoms with van der Waals surface area (Å²) in [6.45, 7) is 6.28. The lowest BCUT2D eigenvalue weighted by Crippen LogP contribution is -2.57. The van der Waals surface area contributed by atoms with Crippen LogP contribution < -0.4 is 0 Å². The van der Waals surface area contributed by atoms with E-state index in [9.17, 15) is 19.7 Å². The number of nitrogens with zero attached hydrogens (tertiary/aromatic N) is 2. The first-order valence-electron chi connectivity index (χ1n) is 9.37. The molecule has 1 saturated heterocycles. The highest BCUT2D eigenvalue weighted by molar-refractivity contribution is 5.93. The molecule has 0 aromatic heterocycles. The molecule has 3 rings (SSSR count). The number of carbonyl (C=O) groups is 2. The highest BCUT2D eigenvalue weighted by Crippen LogP contribution is 2.51. The van der Waals surface area contributed by atoms with Gasteiger partial charge < -0.3 is 19.1 Å². The Labute approximate surface area is 168 Å². The number of benzene rings is 1. The van der Waals surface area contributed by atoms with Crippen LogP contribution in [0.15, 0.2) is 35.5 Å². The summed E-state index contributed by atoms with van der Waals surface area (Å²) in [6.07, 6.45) is 0. The number of esters is 2. The van der Waals surface area contributed by atoms with Gasteiger partial charge >= 0.3 is 11.9 Å². The van der Waals surface area contributed by atoms with Crippen molar-refractivity contribution in [2.75, 3.05) is 26.9 Å². The number of nitro benzene ring substituents is 1. The van der Waals surface area contributed by atoms with Crippen LogP contribution in [0.3, 0.4) is 0 Å². The van der Waals surface area contributed by atoms with Crippen molar-refractivity contribution in [2.24, 2.45) is 5.92 Å². The Kier molecular flexibility index (Phi) is 5.61. The Morgan fingerprint density at radius 3 is 2.76 bits per heavy atom. The molecule has 2 aliphatic rings. The first-order valence-corrected chi connectivity index (χ1v) is 9.37. The number of nitro groups is 1. The average Bonchev–Trinajstić information content (AvgIpc) is 3.10. The van der Waals surface area contributed by atoms with Gasteiger partial charge in [-0.3, -0.25) is 14.9 Å². The molecule has 0 saturated carbocycles. The molecular formula is C20H24N2O7. The lowest BCUT2D eigenvalue weighted by Gasteiger charge is -2.48. The second kappa shape index (κ2) is 7.82. The Bertz CT molecular complexity index is 881. The number of hydrogen-bond donors (Lipinski definition) is 0. The first kappa shape index (κ1) is 20.8. The zero-order valence-electron chi connectivity index (χ0n) is 16.8. The van der Waals surface area contributed by atoms with Crippen LogP contribution in [-0.4, -0.2) is 54.4 Å². The molecule has 0 amide bonds. The van der Waals surface area contributed by atoms with Crippen LogP contribution in [0, 0.1) is 16.0 Å². The lowest BCUT2D eigenvalue weighted by atomic mass is 9.71. The fourth-order valence-corrected chi connectivity index (χ4v) is 4.41. The zero-order chi connectivity index (χ0) is 21.3. The summed E-state index contributed by atoms with van der Waals surface area (Å²) in [6, 6.07) is 5.93. The molecule has 0 aliphatic carbocycles. The summed E-state index contributed by atoms with van der Waals surface area (Å²) in [5.41, 5.74) is 0.159. The van der Waals surface area contributed by atoms with E-state index in [-0.39, 0.29) is 17.9 Å². The molecule has 0 unspecified atom stereocenters. The predicted molar refractivity (Wildman–Crippen MR) is 102 cm³/mol. The maximum atomic E-state index is 13.1. The van der Waals surface area contributed by atoms with Gasteiger partial charge in [0.15, 0.2) is 5.72 Å². The quantitative estimate of drug-likeness (QED) is 0.418. The van der Waals surface area contributed by atoms with Gasteiger partial charge in [0, 0.05) is 30.3 Å². The Morgan fingerprint density at radius 2 is 2.14 bits per heavy atom. The van der Waals surface area contributed by atoms with Crippen molar-refractivity contribution in [2.45, 2.75) is 32.4 Å². The van der Waals surface area contributed by atoms with Crippen molar-refractivity contribution in [3.8, 4) is 0 Å². The SMILES string of the molecule is CCOC(=O)[C@@H]1[C@@H](c2cccc([N+](=O)[O-])c2)C(C(=O)OC)=C(C)N2CCO[C@]12C. The van der Waals surface area contributed by atoms with Crippen LogP contribution in [-0.2, 0) is 23.8 Å². The van der Waals surface area contributed by atoms with E-state index < -0.39 is 34.4 Å². The molecule has 3 atom stereocenters. The van der Waals surface area contributed by atoms with Crippen LogP contribution in [0.2, 0.25) is 0 Å². The fourth-order valence-electron chi connectivity index (χ4n) is 4.41. The van der Waals surface area contributed by atoms with E-state index in [1.165, 1.54) is 25.3 Å². The van der Waals surface area contributed by atoms with Gasteiger partial charge in [-0.15, -0.1) is 0 Å². The number of hydrogen-bond acceptors (Lipinski definition) is 8. The second-order valence-electron chi connectivity index (χ2n) is 7.10. The third-order valence-electron chi connectivity index (χ3n) is 5.65. The molecule has 1 aromatic carbocycles. The van der Waals surface area contributed by atoms with Crippen molar-refractivity contribution in [1.82, 2.24) is 4.90 Å². The van der Waals surface area contributed by atoms with Gasteiger partial charge in [-0.05, 0) is 26.3 Å². The Balaban J connectivity index is 2.28. The number of fused-ring (bicyclic) bond motifs is 1. The van der Waals surface area contributed by atoms with E-state index in [0.717, 1.165) is 0 Å². The summed E-state index contributed by atoms with van der Waals surface area (Å²) in [7, 11) is 1.26. The lowest BCUT2D eigenvalue weighted by molar-refractivity contribution is -0.384. The molecule has 0 bridgehead atoms. The molecule has 156 valence electrons. The minimum Gasteiger partial charge on any atom is -0.466 e. The topological polar surface area (TPSA) is 108 Å². The van der Waals surface area contributed by atoms with E-state index in [4.69, 9.17) is 14.2 Å². The van der Waals surface area contributed by atoms with Crippen molar-refractivity contribution in [3.63, 3.8) is 0 Å². The number of methoxy groups -OCH3 is 1. The number of ether oxygens (including phenoxy) is 3. The van der Waals surface area contributed by atoms with E-state index >= 15 is 0 Å². The van der Waals surface area contributed by atoms with Crippen LogP contribution >= 0.6 is 0 Å². The minimum absolute atomic E-state index is 0.132. The van der Waals surface area contributed by atoms with E-state index in [2.05, 4.69) is 0 Å². The standard InChI is InChI=1S/C20H24N2O7/c1-5-28-19(24)17-16(13-7-6-8-14(11-13)22(25)26)15(18(23)27-4)12(2)21-9-10-29-20(17,21)3/h6-8,11,16-17H,5,9-10H2,1-4H3/t16-,17-,20+/m0/s1. The van der Waals surface area contributed by atoms with Gasteiger partial charge in [0.2, 0.25) is 0 Å². The maximum Gasteiger partial charge on any atom is 0.336 e. The van der Waals surface area contributed by atoms with Gasteiger partial charge in [-0.1, -0.05) is 12.1 Å². The summed E-state index contributed by atoms with van der Waals surface area (Å²) in [5, 5.41) is 11.3. The van der Waals surface area contributed by atoms with E-state index in [0.29, 0.717) is 24.4 Å². The molecule has 0 spiro atoms. The van der Waals surface area contributed by atoms with Crippen LogP contribution in [0.1, 0.15) is 32.3 Å². The van der Waals surface area contributed by atoms with Gasteiger partial charge in [-0.25, -0.2) is 4.79 Å². The number of carbonyl (C=O) groups excluding carboxylic acids is 2. The molecular weight excluding hydrogens is 380 g/mol.